The molecular weight excluding hydrogens is 422 g/mol. The van der Waals surface area contributed by atoms with E-state index in [-0.39, 0.29) is 29.8 Å². The van der Waals surface area contributed by atoms with Gasteiger partial charge >= 0.3 is 0 Å². The van der Waals surface area contributed by atoms with Crippen molar-refractivity contribution in [1.82, 2.24) is 15.4 Å². The molecule has 0 atom stereocenters. The second-order valence-corrected chi connectivity index (χ2v) is 5.76. The molecule has 0 saturated heterocycles. The Hall–Kier alpha value is -1.64. The van der Waals surface area contributed by atoms with Gasteiger partial charge < -0.3 is 14.7 Å². The van der Waals surface area contributed by atoms with Gasteiger partial charge in [-0.15, -0.1) is 24.0 Å². The van der Waals surface area contributed by atoms with Crippen molar-refractivity contribution in [2.45, 2.75) is 32.9 Å². The first-order valence-electron chi connectivity index (χ1n) is 7.61. The third-order valence-electron chi connectivity index (χ3n) is 3.50. The van der Waals surface area contributed by atoms with Crippen molar-refractivity contribution in [3.8, 4) is 0 Å². The zero-order valence-corrected chi connectivity index (χ0v) is 16.7. The van der Waals surface area contributed by atoms with E-state index in [0.29, 0.717) is 19.0 Å². The normalized spacial score (nSPS) is 11.3. The smallest absolute Gasteiger partial charge is 0.194 e. The number of halogens is 2. The second-order valence-electron chi connectivity index (χ2n) is 5.76. The monoisotopic (exact) mass is 446 g/mol. The van der Waals surface area contributed by atoms with Crippen molar-refractivity contribution in [2.24, 2.45) is 4.99 Å². The van der Waals surface area contributed by atoms with Gasteiger partial charge in [-0.05, 0) is 23.6 Å². The fourth-order valence-corrected chi connectivity index (χ4v) is 2.17. The Morgan fingerprint density at radius 1 is 1.33 bits per heavy atom. The Kier molecular flexibility index (Phi) is 8.17. The molecule has 0 bridgehead atoms. The lowest BCUT2D eigenvalue weighted by Crippen LogP contribution is -2.37. The average Bonchev–Trinajstić information content (AvgIpc) is 2.99. The van der Waals surface area contributed by atoms with Gasteiger partial charge in [-0.1, -0.05) is 31.1 Å². The van der Waals surface area contributed by atoms with Crippen molar-refractivity contribution in [3.05, 3.63) is 53.2 Å². The SMILES string of the molecule is CN=C(NCc1cc(C(C)C)no1)N(C)Cc1ccc(F)cc1.I. The lowest BCUT2D eigenvalue weighted by molar-refractivity contribution is 0.369. The lowest BCUT2D eigenvalue weighted by atomic mass is 10.1. The van der Waals surface area contributed by atoms with Crippen LogP contribution >= 0.6 is 24.0 Å². The van der Waals surface area contributed by atoms with Crippen LogP contribution < -0.4 is 5.32 Å². The molecular formula is C17H24FIN4O. The fourth-order valence-electron chi connectivity index (χ4n) is 2.17. The summed E-state index contributed by atoms with van der Waals surface area (Å²) in [5.41, 5.74) is 1.95. The quantitative estimate of drug-likeness (QED) is 0.432. The number of hydrogen-bond acceptors (Lipinski definition) is 3. The summed E-state index contributed by atoms with van der Waals surface area (Å²) in [6, 6.07) is 8.41. The van der Waals surface area contributed by atoms with Crippen LogP contribution in [0.4, 0.5) is 4.39 Å². The van der Waals surface area contributed by atoms with Crippen molar-refractivity contribution in [1.29, 1.82) is 0 Å². The number of aliphatic imine (C=N–C) groups is 1. The molecule has 1 heterocycles. The van der Waals surface area contributed by atoms with Crippen LogP contribution in [-0.2, 0) is 13.1 Å². The number of nitrogens with zero attached hydrogens (tertiary/aromatic N) is 3. The highest BCUT2D eigenvalue weighted by Crippen LogP contribution is 2.14. The van der Waals surface area contributed by atoms with Gasteiger partial charge in [0.25, 0.3) is 0 Å². The van der Waals surface area contributed by atoms with E-state index < -0.39 is 0 Å². The van der Waals surface area contributed by atoms with Gasteiger partial charge in [-0.3, -0.25) is 4.99 Å². The van der Waals surface area contributed by atoms with E-state index in [1.165, 1.54) is 12.1 Å². The number of hydrogen-bond donors (Lipinski definition) is 1. The van der Waals surface area contributed by atoms with Gasteiger partial charge in [0, 0.05) is 26.7 Å². The molecule has 0 aliphatic rings. The number of aromatic nitrogens is 1. The molecule has 0 fully saturated rings. The maximum Gasteiger partial charge on any atom is 0.194 e. The topological polar surface area (TPSA) is 53.7 Å². The number of benzene rings is 1. The molecule has 5 nitrogen and oxygen atoms in total. The van der Waals surface area contributed by atoms with Crippen molar-refractivity contribution in [2.75, 3.05) is 14.1 Å². The zero-order valence-electron chi connectivity index (χ0n) is 14.4. The highest BCUT2D eigenvalue weighted by molar-refractivity contribution is 14.0. The summed E-state index contributed by atoms with van der Waals surface area (Å²) in [6.45, 7) is 5.29. The minimum atomic E-state index is -0.231. The molecule has 0 spiro atoms. The molecule has 0 saturated carbocycles. The minimum absolute atomic E-state index is 0. The van der Waals surface area contributed by atoms with E-state index in [0.717, 1.165) is 23.0 Å². The molecule has 7 heteroatoms. The molecule has 2 rings (SSSR count). The highest BCUT2D eigenvalue weighted by Gasteiger charge is 2.10. The highest BCUT2D eigenvalue weighted by atomic mass is 127. The van der Waals surface area contributed by atoms with Crippen molar-refractivity contribution < 1.29 is 8.91 Å². The van der Waals surface area contributed by atoms with E-state index in [1.54, 1.807) is 19.2 Å². The van der Waals surface area contributed by atoms with E-state index >= 15 is 0 Å². The molecule has 0 unspecified atom stereocenters. The van der Waals surface area contributed by atoms with Gasteiger partial charge in [-0.25, -0.2) is 4.39 Å². The largest absolute Gasteiger partial charge is 0.359 e. The summed E-state index contributed by atoms with van der Waals surface area (Å²) in [5.74, 6) is 1.61. The maximum atomic E-state index is 13.0. The standard InChI is InChI=1S/C17H23FN4O.HI/c1-12(2)16-9-15(23-21-16)10-20-17(19-3)22(4)11-13-5-7-14(18)8-6-13;/h5-9,12H,10-11H2,1-4H3,(H,19,20);1H. The Balaban J connectivity index is 0.00000288. The van der Waals surface area contributed by atoms with Gasteiger partial charge in [0.05, 0.1) is 12.2 Å². The summed E-state index contributed by atoms with van der Waals surface area (Å²) in [5, 5.41) is 7.27. The predicted molar refractivity (Wildman–Crippen MR) is 104 cm³/mol. The number of rotatable bonds is 5. The van der Waals surface area contributed by atoms with Gasteiger partial charge in [0.2, 0.25) is 0 Å². The molecule has 0 radical (unpaired) electrons. The van der Waals surface area contributed by atoms with Crippen LogP contribution in [-0.4, -0.2) is 30.1 Å². The van der Waals surface area contributed by atoms with Crippen LogP contribution in [0.25, 0.3) is 0 Å². The molecule has 0 amide bonds. The maximum absolute atomic E-state index is 13.0. The zero-order chi connectivity index (χ0) is 16.8. The molecule has 1 aromatic carbocycles. The lowest BCUT2D eigenvalue weighted by Gasteiger charge is -2.21. The first-order chi connectivity index (χ1) is 11.0. The van der Waals surface area contributed by atoms with Crippen LogP contribution in [0.5, 0.6) is 0 Å². The molecule has 0 aliphatic carbocycles. The molecule has 1 aromatic heterocycles. The minimum Gasteiger partial charge on any atom is -0.359 e. The Morgan fingerprint density at radius 2 is 2.00 bits per heavy atom. The van der Waals surface area contributed by atoms with E-state index in [4.69, 9.17) is 4.52 Å². The van der Waals surface area contributed by atoms with E-state index in [2.05, 4.69) is 29.3 Å². The third kappa shape index (κ3) is 5.77. The van der Waals surface area contributed by atoms with Crippen LogP contribution in [0.15, 0.2) is 39.8 Å². The Labute approximate surface area is 159 Å². The summed E-state index contributed by atoms with van der Waals surface area (Å²) < 4.78 is 18.3. The van der Waals surface area contributed by atoms with Crippen LogP contribution in [0, 0.1) is 5.82 Å². The summed E-state index contributed by atoms with van der Waals surface area (Å²) >= 11 is 0. The fraction of sp³-hybridized carbons (Fsp3) is 0.412. The van der Waals surface area contributed by atoms with Gasteiger partial charge in [0.1, 0.15) is 5.82 Å². The van der Waals surface area contributed by atoms with E-state index in [1.807, 2.05) is 18.0 Å². The Morgan fingerprint density at radius 3 is 2.54 bits per heavy atom. The summed E-state index contributed by atoms with van der Waals surface area (Å²) in [7, 11) is 3.65. The first kappa shape index (κ1) is 20.4. The summed E-state index contributed by atoms with van der Waals surface area (Å²) in [4.78, 5) is 6.22. The predicted octanol–water partition coefficient (Wildman–Crippen LogP) is 3.76. The average molecular weight is 446 g/mol. The summed E-state index contributed by atoms with van der Waals surface area (Å²) in [6.07, 6.45) is 0. The Bertz CT molecular complexity index is 655. The van der Waals surface area contributed by atoms with Crippen molar-refractivity contribution >= 4 is 29.9 Å². The molecule has 132 valence electrons. The van der Waals surface area contributed by atoms with Gasteiger partial charge in [0.15, 0.2) is 11.7 Å². The molecule has 1 N–H and O–H groups in total. The molecule has 2 aromatic rings. The number of guanidine groups is 1. The second kappa shape index (κ2) is 9.61. The molecule has 24 heavy (non-hydrogen) atoms. The first-order valence-corrected chi connectivity index (χ1v) is 7.61. The van der Waals surface area contributed by atoms with Crippen LogP contribution in [0.1, 0.15) is 36.8 Å². The third-order valence-corrected chi connectivity index (χ3v) is 3.50. The number of nitrogens with one attached hydrogen (secondary N) is 1. The molecule has 0 aliphatic heterocycles. The van der Waals surface area contributed by atoms with Crippen LogP contribution in [0.2, 0.25) is 0 Å². The van der Waals surface area contributed by atoms with E-state index in [9.17, 15) is 4.39 Å². The van der Waals surface area contributed by atoms with Crippen LogP contribution in [0.3, 0.4) is 0 Å². The van der Waals surface area contributed by atoms with Gasteiger partial charge in [-0.2, -0.15) is 0 Å². The van der Waals surface area contributed by atoms with Crippen molar-refractivity contribution in [3.63, 3.8) is 0 Å².